The molecule has 0 unspecified atom stereocenters. The predicted molar refractivity (Wildman–Crippen MR) is 120 cm³/mol. The van der Waals surface area contributed by atoms with Crippen LogP contribution in [0.25, 0.3) is 11.1 Å². The summed E-state index contributed by atoms with van der Waals surface area (Å²) in [7, 11) is 0. The van der Waals surface area contributed by atoms with E-state index in [1.807, 2.05) is 90.7 Å². The lowest BCUT2D eigenvalue weighted by Crippen LogP contribution is -2.17. The molecule has 0 bridgehead atoms. The van der Waals surface area contributed by atoms with E-state index < -0.39 is 23.3 Å². The number of aryl methyl sites for hydroxylation is 1. The third kappa shape index (κ3) is 3.76. The molecule has 1 heterocycles. The Morgan fingerprint density at radius 3 is 1.79 bits per heavy atom. The van der Waals surface area contributed by atoms with Gasteiger partial charge in [-0.05, 0) is 72.1 Å². The maximum Gasteiger partial charge on any atom is 0.388 e. The molecule has 33 heavy (non-hydrogen) atoms. The minimum Gasteiger partial charge on any atom is -0.310 e. The van der Waals surface area contributed by atoms with Gasteiger partial charge in [0.2, 0.25) is 0 Å². The van der Waals surface area contributed by atoms with Crippen LogP contribution in [0.2, 0.25) is 0 Å². The van der Waals surface area contributed by atoms with Gasteiger partial charge in [0, 0.05) is 17.1 Å². The molecule has 0 fully saturated rings. The summed E-state index contributed by atoms with van der Waals surface area (Å²) in [6.07, 6.45) is -8.08. The lowest BCUT2D eigenvalue weighted by Gasteiger charge is -2.26. The molecule has 0 radical (unpaired) electrons. The highest BCUT2D eigenvalue weighted by Gasteiger charge is 2.57. The Hall–Kier alpha value is -3.64. The second kappa shape index (κ2) is 7.74. The van der Waals surface area contributed by atoms with Crippen LogP contribution in [0, 0.1) is 6.92 Å². The second-order valence-electron chi connectivity index (χ2n) is 7.90. The Kier molecular flexibility index (Phi) is 4.98. The zero-order valence-corrected chi connectivity index (χ0v) is 17.6. The first-order valence-corrected chi connectivity index (χ1v) is 10.4. The Morgan fingerprint density at radius 1 is 0.606 bits per heavy atom. The number of nitrogens with zero attached hydrogens (tertiary/aromatic N) is 1. The molecule has 6 heteroatoms. The summed E-state index contributed by atoms with van der Waals surface area (Å²) in [4.78, 5) is 2.04. The SMILES string of the molecule is Cc1ccc(N(c2ccccc2)c2ccccc2)cc1-c1ccc2c(c1)C(F)(F)OC2(F)F. The third-order valence-corrected chi connectivity index (χ3v) is 5.72. The first kappa shape index (κ1) is 21.2. The fraction of sp³-hybridized carbons (Fsp3) is 0.111. The molecule has 0 atom stereocenters. The summed E-state index contributed by atoms with van der Waals surface area (Å²) in [6.45, 7) is 1.85. The van der Waals surface area contributed by atoms with Crippen molar-refractivity contribution in [3.63, 3.8) is 0 Å². The third-order valence-electron chi connectivity index (χ3n) is 5.72. The number of halogens is 4. The molecular formula is C27H19F4NO. The Labute approximate surface area is 188 Å². The van der Waals surface area contributed by atoms with Crippen molar-refractivity contribution >= 4 is 17.1 Å². The van der Waals surface area contributed by atoms with Crippen molar-refractivity contribution in [2.75, 3.05) is 4.90 Å². The topological polar surface area (TPSA) is 12.5 Å². The van der Waals surface area contributed by atoms with Crippen LogP contribution in [-0.2, 0) is 17.0 Å². The summed E-state index contributed by atoms with van der Waals surface area (Å²) in [5.41, 5.74) is 2.95. The molecule has 5 rings (SSSR count). The van der Waals surface area contributed by atoms with Crippen LogP contribution in [0.5, 0.6) is 0 Å². The number of rotatable bonds is 4. The van der Waals surface area contributed by atoms with Crippen LogP contribution in [0.3, 0.4) is 0 Å². The van der Waals surface area contributed by atoms with Crippen LogP contribution in [0.15, 0.2) is 97.1 Å². The Bertz CT molecular complexity index is 1270. The Morgan fingerprint density at radius 2 is 1.18 bits per heavy atom. The summed E-state index contributed by atoms with van der Waals surface area (Å²) >= 11 is 0. The van der Waals surface area contributed by atoms with Gasteiger partial charge in [0.1, 0.15) is 0 Å². The van der Waals surface area contributed by atoms with Gasteiger partial charge in [0.15, 0.2) is 0 Å². The fourth-order valence-corrected chi connectivity index (χ4v) is 4.14. The van der Waals surface area contributed by atoms with Crippen molar-refractivity contribution in [2.24, 2.45) is 0 Å². The zero-order chi connectivity index (χ0) is 23.2. The van der Waals surface area contributed by atoms with Gasteiger partial charge in [0.25, 0.3) is 0 Å². The predicted octanol–water partition coefficient (Wildman–Crippen LogP) is 8.26. The average Bonchev–Trinajstić information content (AvgIpc) is 2.99. The Balaban J connectivity index is 1.65. The molecule has 4 aromatic carbocycles. The number of para-hydroxylation sites is 2. The highest BCUT2D eigenvalue weighted by atomic mass is 19.3. The van der Waals surface area contributed by atoms with Crippen LogP contribution in [-0.4, -0.2) is 0 Å². The summed E-state index contributed by atoms with van der Waals surface area (Å²) < 4.78 is 59.8. The maximum absolute atomic E-state index is 14.2. The molecule has 0 aliphatic carbocycles. The van der Waals surface area contributed by atoms with Gasteiger partial charge in [-0.1, -0.05) is 48.5 Å². The lowest BCUT2D eigenvalue weighted by atomic mass is 9.95. The van der Waals surface area contributed by atoms with E-state index in [9.17, 15) is 17.6 Å². The monoisotopic (exact) mass is 449 g/mol. The van der Waals surface area contributed by atoms with Gasteiger partial charge < -0.3 is 4.90 Å². The second-order valence-corrected chi connectivity index (χ2v) is 7.90. The smallest absolute Gasteiger partial charge is 0.310 e. The van der Waals surface area contributed by atoms with E-state index >= 15 is 0 Å². The molecule has 1 aliphatic rings. The van der Waals surface area contributed by atoms with E-state index in [0.29, 0.717) is 11.1 Å². The van der Waals surface area contributed by atoms with Gasteiger partial charge in [-0.3, -0.25) is 0 Å². The fourth-order valence-electron chi connectivity index (χ4n) is 4.14. The minimum absolute atomic E-state index is 0.412. The molecule has 1 aliphatic heterocycles. The lowest BCUT2D eigenvalue weighted by molar-refractivity contribution is -0.369. The molecular weight excluding hydrogens is 430 g/mol. The number of alkyl halides is 4. The number of ether oxygens (including phenoxy) is 1. The first-order chi connectivity index (χ1) is 15.8. The van der Waals surface area contributed by atoms with Gasteiger partial charge >= 0.3 is 12.2 Å². The zero-order valence-electron chi connectivity index (χ0n) is 17.6. The summed E-state index contributed by atoms with van der Waals surface area (Å²) in [5, 5.41) is 0. The van der Waals surface area contributed by atoms with E-state index in [2.05, 4.69) is 4.74 Å². The molecule has 0 spiro atoms. The minimum atomic E-state index is -4.06. The number of hydrogen-bond acceptors (Lipinski definition) is 2. The standard InChI is InChI=1S/C27H19F4NO/c1-18-12-14-22(32(20-8-4-2-5-9-20)21-10-6-3-7-11-21)17-23(18)19-13-15-24-25(16-19)27(30,31)33-26(24,28)29/h2-17H,1H3. The van der Waals surface area contributed by atoms with E-state index in [4.69, 9.17) is 0 Å². The van der Waals surface area contributed by atoms with Gasteiger partial charge in [0.05, 0.1) is 11.1 Å². The number of anilines is 3. The summed E-state index contributed by atoms with van der Waals surface area (Å²) in [6, 6.07) is 28.7. The highest BCUT2D eigenvalue weighted by Crippen LogP contribution is 2.52. The van der Waals surface area contributed by atoms with Gasteiger partial charge in [-0.15, -0.1) is 0 Å². The molecule has 4 aromatic rings. The van der Waals surface area contributed by atoms with E-state index in [1.54, 1.807) is 0 Å². The normalized spacial score (nSPS) is 15.8. The van der Waals surface area contributed by atoms with Crippen LogP contribution >= 0.6 is 0 Å². The molecule has 0 N–H and O–H groups in total. The molecule has 0 saturated carbocycles. The van der Waals surface area contributed by atoms with Crippen molar-refractivity contribution in [1.29, 1.82) is 0 Å². The van der Waals surface area contributed by atoms with Crippen LogP contribution in [0.4, 0.5) is 34.6 Å². The quantitative estimate of drug-likeness (QED) is 0.291. The van der Waals surface area contributed by atoms with Crippen molar-refractivity contribution < 1.29 is 22.3 Å². The van der Waals surface area contributed by atoms with Crippen LogP contribution in [0.1, 0.15) is 16.7 Å². The highest BCUT2D eigenvalue weighted by molar-refractivity contribution is 5.81. The van der Waals surface area contributed by atoms with Crippen molar-refractivity contribution in [2.45, 2.75) is 19.1 Å². The molecule has 0 aromatic heterocycles. The molecule has 0 amide bonds. The van der Waals surface area contributed by atoms with E-state index in [1.165, 1.54) is 6.07 Å². The molecule has 0 saturated heterocycles. The van der Waals surface area contributed by atoms with Crippen molar-refractivity contribution in [1.82, 2.24) is 0 Å². The van der Waals surface area contributed by atoms with E-state index in [-0.39, 0.29) is 0 Å². The van der Waals surface area contributed by atoms with Gasteiger partial charge in [-0.25, -0.2) is 4.74 Å². The first-order valence-electron chi connectivity index (χ1n) is 10.4. The van der Waals surface area contributed by atoms with Crippen LogP contribution < -0.4 is 4.90 Å². The van der Waals surface area contributed by atoms with E-state index in [0.717, 1.165) is 34.8 Å². The molecule has 2 nitrogen and oxygen atoms in total. The largest absolute Gasteiger partial charge is 0.388 e. The maximum atomic E-state index is 14.2. The average molecular weight is 449 g/mol. The number of benzene rings is 4. The van der Waals surface area contributed by atoms with Crippen molar-refractivity contribution in [3.8, 4) is 11.1 Å². The van der Waals surface area contributed by atoms with Crippen molar-refractivity contribution in [3.05, 3.63) is 114 Å². The number of fused-ring (bicyclic) bond motifs is 1. The van der Waals surface area contributed by atoms with Gasteiger partial charge in [-0.2, -0.15) is 17.6 Å². The molecule has 166 valence electrons. The number of hydrogen-bond donors (Lipinski definition) is 0. The summed E-state index contributed by atoms with van der Waals surface area (Å²) in [5.74, 6) is 0.